The highest BCUT2D eigenvalue weighted by Gasteiger charge is 2.24. The van der Waals surface area contributed by atoms with Crippen LogP contribution in [0.15, 0.2) is 200 Å². The van der Waals surface area contributed by atoms with Crippen LogP contribution < -0.4 is 0 Å². The van der Waals surface area contributed by atoms with E-state index in [1.807, 2.05) is 42.5 Å². The van der Waals surface area contributed by atoms with Crippen molar-refractivity contribution in [2.45, 2.75) is 0 Å². The molecule has 5 nitrogen and oxygen atoms in total. The number of rotatable bonds is 6. The molecule has 0 aliphatic rings. The summed E-state index contributed by atoms with van der Waals surface area (Å²) in [5, 5.41) is -1.16. The van der Waals surface area contributed by atoms with E-state index in [0.29, 0.717) is 11.1 Å². The number of fused-ring (bicyclic) bond motifs is 7. The van der Waals surface area contributed by atoms with Gasteiger partial charge in [0.25, 0.3) is 0 Å². The Labute approximate surface area is 348 Å². The van der Waals surface area contributed by atoms with Crippen molar-refractivity contribution >= 4 is 43.6 Å². The number of aromatic nitrogens is 5. The highest BCUT2D eigenvalue weighted by molar-refractivity contribution is 6.26. The summed E-state index contributed by atoms with van der Waals surface area (Å²) in [6.07, 6.45) is 0. The molecule has 0 unspecified atom stereocenters. The molecule has 0 saturated heterocycles. The summed E-state index contributed by atoms with van der Waals surface area (Å²) in [5.74, 6) is -0.0919. The molecular weight excluding hydrogens is 683 g/mol. The molecule has 0 fully saturated rings. The van der Waals surface area contributed by atoms with Crippen molar-refractivity contribution in [3.05, 3.63) is 200 Å². The third-order valence-corrected chi connectivity index (χ3v) is 9.57. The molecule has 11 rings (SSSR count). The minimum atomic E-state index is -0.815. The molecule has 0 aliphatic heterocycles. The zero-order valence-corrected chi connectivity index (χ0v) is 28.9. The monoisotopic (exact) mass is 733 g/mol. The molecule has 0 saturated carbocycles. The highest BCUT2D eigenvalue weighted by atomic mass is 15.2. The fourth-order valence-electron chi connectivity index (χ4n) is 7.09. The van der Waals surface area contributed by atoms with Gasteiger partial charge in [0.05, 0.1) is 52.4 Å². The van der Waals surface area contributed by atoms with E-state index in [9.17, 15) is 9.60 Å². The Balaban J connectivity index is 1.39. The average Bonchev–Trinajstić information content (AvgIpc) is 3.96. The maximum absolute atomic E-state index is 9.87. The van der Waals surface area contributed by atoms with Crippen molar-refractivity contribution in [3.8, 4) is 56.7 Å². The van der Waals surface area contributed by atoms with Gasteiger partial charge in [0, 0.05) is 38.2 Å². The van der Waals surface area contributed by atoms with Gasteiger partial charge < -0.3 is 4.57 Å². The average molecular weight is 734 g/mol. The van der Waals surface area contributed by atoms with Crippen molar-refractivity contribution in [1.82, 2.24) is 24.1 Å². The molecule has 3 heterocycles. The van der Waals surface area contributed by atoms with E-state index < -0.39 is 137 Å². The van der Waals surface area contributed by atoms with Gasteiger partial charge in [0.15, 0.2) is 11.6 Å². The van der Waals surface area contributed by atoms with E-state index in [1.165, 1.54) is 4.57 Å². The molecule has 0 amide bonds. The van der Waals surface area contributed by atoms with E-state index in [0.717, 1.165) is 21.8 Å². The van der Waals surface area contributed by atoms with Gasteiger partial charge >= 0.3 is 0 Å². The quantitative estimate of drug-likeness (QED) is 0.171. The smallest absolute Gasteiger partial charge is 0.238 e. The van der Waals surface area contributed by atoms with E-state index >= 15 is 0 Å². The topological polar surface area (TPSA) is 48.5 Å². The van der Waals surface area contributed by atoms with Gasteiger partial charge in [-0.05, 0) is 40.9 Å². The minimum absolute atomic E-state index is 0.0914. The fraction of sp³-hybridized carbons (Fsp3) is 0. The lowest BCUT2D eigenvalue weighted by Crippen LogP contribution is -2.06. The molecule has 0 spiro atoms. The van der Waals surface area contributed by atoms with Crippen LogP contribution in [-0.2, 0) is 0 Å². The lowest BCUT2D eigenvalue weighted by Gasteiger charge is -2.14. The van der Waals surface area contributed by atoms with Gasteiger partial charge in [-0.1, -0.05) is 176 Å². The van der Waals surface area contributed by atoms with Crippen LogP contribution in [0.25, 0.3) is 100 Å². The third kappa shape index (κ3) is 5.13. The van der Waals surface area contributed by atoms with Gasteiger partial charge in [-0.15, -0.1) is 0 Å². The number of benzene rings is 8. The predicted octanol–water partition coefficient (Wildman–Crippen LogP) is 12.7. The van der Waals surface area contributed by atoms with E-state index in [-0.39, 0.29) is 50.2 Å². The number of hydrogen-bond donors (Lipinski definition) is 0. The van der Waals surface area contributed by atoms with E-state index in [2.05, 4.69) is 0 Å². The summed E-state index contributed by atoms with van der Waals surface area (Å²) >= 11 is 0. The third-order valence-electron chi connectivity index (χ3n) is 9.57. The SMILES string of the molecule is [2H]c1cc(-c2c([2H])c([2H])c([2H])c([2H])c2[2H])c(-n2c3c([2H])c([2H])c([2H])c([2H])c3c3c2c([2H])c([2H])c2c4c([2H])c([2H])c([2H])c([2H])c4n(-c4nc(-c5ccccc5)nc(-c5ccc(-c6ccccc6)cc5)n4)c23)c([2H])c1[2H]. The molecule has 0 radical (unpaired) electrons. The van der Waals surface area contributed by atoms with Gasteiger partial charge in [-0.3, -0.25) is 4.57 Å². The molecule has 3 aromatic heterocycles. The van der Waals surface area contributed by atoms with Gasteiger partial charge in [0.2, 0.25) is 5.95 Å². The standard InChI is InChI=1S/C51H33N5/c1-4-16-34(17-5-1)35-28-30-38(31-29-35)50-52-49(37-20-8-3-9-21-37)53-51(54-50)56-44-26-14-11-23-40(44)41-32-33-46-47(48(41)56)42-24-12-15-27-45(42)55(46)43-25-13-10-22-39(43)36-18-6-2-7-19-36/h1-33H/i2D,6D,7D,10D,11D,12D,13D,14D,15D,18D,19D,23D,24D,25D,26D,27D,32D,33D. The van der Waals surface area contributed by atoms with Crippen LogP contribution in [0, 0.1) is 0 Å². The summed E-state index contributed by atoms with van der Waals surface area (Å²) in [6, 6.07) is 13.5. The molecule has 0 aliphatic carbocycles. The Morgan fingerprint density at radius 3 is 1.68 bits per heavy atom. The predicted molar refractivity (Wildman–Crippen MR) is 230 cm³/mol. The van der Waals surface area contributed by atoms with Crippen LogP contribution in [0.1, 0.15) is 24.7 Å². The van der Waals surface area contributed by atoms with Crippen LogP contribution >= 0.6 is 0 Å². The Bertz CT molecular complexity index is 4250. The fourth-order valence-corrected chi connectivity index (χ4v) is 7.09. The van der Waals surface area contributed by atoms with E-state index in [4.69, 9.17) is 30.0 Å². The summed E-state index contributed by atoms with van der Waals surface area (Å²) in [6.45, 7) is 0. The lowest BCUT2D eigenvalue weighted by atomic mass is 10.0. The summed E-state index contributed by atoms with van der Waals surface area (Å²) < 4.78 is 166. The van der Waals surface area contributed by atoms with Crippen molar-refractivity contribution in [2.24, 2.45) is 0 Å². The summed E-state index contributed by atoms with van der Waals surface area (Å²) in [4.78, 5) is 14.7. The first-order valence-electron chi connectivity index (χ1n) is 26.4. The zero-order chi connectivity index (χ0) is 52.7. The van der Waals surface area contributed by atoms with Gasteiger partial charge in [0.1, 0.15) is 0 Å². The first-order chi connectivity index (χ1) is 35.3. The maximum atomic E-state index is 9.87. The van der Waals surface area contributed by atoms with Gasteiger partial charge in [-0.2, -0.15) is 9.97 Å². The number of hydrogen-bond acceptors (Lipinski definition) is 3. The van der Waals surface area contributed by atoms with Crippen LogP contribution in [-0.4, -0.2) is 24.1 Å². The first kappa shape index (κ1) is 18.6. The second-order valence-corrected chi connectivity index (χ2v) is 12.7. The van der Waals surface area contributed by atoms with Crippen LogP contribution in [0.4, 0.5) is 0 Å². The second-order valence-electron chi connectivity index (χ2n) is 12.7. The lowest BCUT2D eigenvalue weighted by molar-refractivity contribution is 0.955. The van der Waals surface area contributed by atoms with E-state index in [1.54, 1.807) is 42.5 Å². The second kappa shape index (κ2) is 13.0. The van der Waals surface area contributed by atoms with Gasteiger partial charge in [-0.25, -0.2) is 4.98 Å². The summed E-state index contributed by atoms with van der Waals surface area (Å²) in [5.41, 5.74) is -0.0913. The molecule has 262 valence electrons. The molecular formula is C51H33N5. The van der Waals surface area contributed by atoms with Crippen molar-refractivity contribution in [3.63, 3.8) is 0 Å². The largest absolute Gasteiger partial charge is 0.309 e. The zero-order valence-electron chi connectivity index (χ0n) is 46.9. The normalized spacial score (nSPS) is 16.1. The highest BCUT2D eigenvalue weighted by Crippen LogP contribution is 2.43. The summed E-state index contributed by atoms with van der Waals surface area (Å²) in [7, 11) is 0. The van der Waals surface area contributed by atoms with Crippen molar-refractivity contribution in [1.29, 1.82) is 0 Å². The first-order valence-corrected chi connectivity index (χ1v) is 17.4. The van der Waals surface area contributed by atoms with Crippen molar-refractivity contribution in [2.75, 3.05) is 0 Å². The molecule has 0 atom stereocenters. The number of nitrogens with zero attached hydrogens (tertiary/aromatic N) is 5. The van der Waals surface area contributed by atoms with Crippen molar-refractivity contribution < 1.29 is 24.7 Å². The molecule has 11 aromatic rings. The Hall–Kier alpha value is -7.63. The Kier molecular flexibility index (Phi) is 4.33. The van der Waals surface area contributed by atoms with Crippen LogP contribution in [0.3, 0.4) is 0 Å². The molecule has 0 N–H and O–H groups in total. The minimum Gasteiger partial charge on any atom is -0.309 e. The molecule has 5 heteroatoms. The molecule has 56 heavy (non-hydrogen) atoms. The molecule has 0 bridgehead atoms. The van der Waals surface area contributed by atoms with Crippen LogP contribution in [0.2, 0.25) is 0 Å². The van der Waals surface area contributed by atoms with Crippen LogP contribution in [0.5, 0.6) is 0 Å². The Morgan fingerprint density at radius 1 is 0.375 bits per heavy atom. The Morgan fingerprint density at radius 2 is 0.946 bits per heavy atom. The maximum Gasteiger partial charge on any atom is 0.238 e. The molecule has 8 aromatic carbocycles. The number of para-hydroxylation sites is 3.